The zero-order valence-electron chi connectivity index (χ0n) is 11.6. The molecule has 2 aromatic carbocycles. The Morgan fingerprint density at radius 3 is 2.55 bits per heavy atom. The second kappa shape index (κ2) is 6.57. The molecule has 0 saturated carbocycles. The second-order valence-electron chi connectivity index (χ2n) is 4.74. The predicted molar refractivity (Wildman–Crippen MR) is 85.8 cm³/mol. The molecule has 0 radical (unpaired) electrons. The molecule has 2 amide bonds. The van der Waals surface area contributed by atoms with E-state index in [1.165, 1.54) is 0 Å². The lowest BCUT2D eigenvalue weighted by Gasteiger charge is -2.18. The van der Waals surface area contributed by atoms with Crippen molar-refractivity contribution in [2.24, 2.45) is 0 Å². The summed E-state index contributed by atoms with van der Waals surface area (Å²) in [5.41, 5.74) is 3.03. The molecule has 0 saturated heterocycles. The van der Waals surface area contributed by atoms with Gasteiger partial charge in [0.25, 0.3) is 0 Å². The summed E-state index contributed by atoms with van der Waals surface area (Å²) in [6.07, 6.45) is 0. The average molecular weight is 333 g/mol. The van der Waals surface area contributed by atoms with Crippen molar-refractivity contribution in [3.8, 4) is 0 Å². The fourth-order valence-corrected chi connectivity index (χ4v) is 2.20. The molecule has 0 aliphatic rings. The van der Waals surface area contributed by atoms with E-state index in [0.29, 0.717) is 6.54 Å². The number of hydrogen-bond donors (Lipinski definition) is 1. The molecule has 0 bridgehead atoms. The fraction of sp³-hybridized carbons (Fsp3) is 0.188. The molecule has 4 heteroatoms. The van der Waals surface area contributed by atoms with Crippen LogP contribution in [-0.4, -0.2) is 18.0 Å². The van der Waals surface area contributed by atoms with Crippen LogP contribution >= 0.6 is 15.9 Å². The number of carbonyl (C=O) groups is 1. The van der Waals surface area contributed by atoms with Gasteiger partial charge in [-0.2, -0.15) is 0 Å². The summed E-state index contributed by atoms with van der Waals surface area (Å²) < 4.78 is 0.987. The number of rotatable bonds is 3. The summed E-state index contributed by atoms with van der Waals surface area (Å²) in [5.74, 6) is 0. The van der Waals surface area contributed by atoms with Gasteiger partial charge in [0.15, 0.2) is 0 Å². The molecule has 20 heavy (non-hydrogen) atoms. The number of anilines is 1. The molecule has 3 nitrogen and oxygen atoms in total. The minimum absolute atomic E-state index is 0.121. The third-order valence-electron chi connectivity index (χ3n) is 3.03. The number of benzene rings is 2. The fourth-order valence-electron chi connectivity index (χ4n) is 1.82. The van der Waals surface area contributed by atoms with Crippen molar-refractivity contribution >= 4 is 27.6 Å². The van der Waals surface area contributed by atoms with E-state index in [-0.39, 0.29) is 6.03 Å². The highest BCUT2D eigenvalue weighted by Crippen LogP contribution is 2.20. The molecule has 0 atom stereocenters. The van der Waals surface area contributed by atoms with E-state index in [2.05, 4.69) is 21.2 Å². The van der Waals surface area contributed by atoms with Crippen LogP contribution in [0.2, 0.25) is 0 Å². The van der Waals surface area contributed by atoms with Crippen LogP contribution in [0.4, 0.5) is 10.5 Å². The van der Waals surface area contributed by atoms with Crippen LogP contribution in [0.5, 0.6) is 0 Å². The zero-order chi connectivity index (χ0) is 14.5. The Bertz CT molecular complexity index is 599. The van der Waals surface area contributed by atoms with Gasteiger partial charge in [0, 0.05) is 23.8 Å². The van der Waals surface area contributed by atoms with E-state index >= 15 is 0 Å². The van der Waals surface area contributed by atoms with Crippen molar-refractivity contribution in [2.45, 2.75) is 13.5 Å². The third kappa shape index (κ3) is 3.84. The maximum Gasteiger partial charge on any atom is 0.321 e. The van der Waals surface area contributed by atoms with Crippen molar-refractivity contribution in [1.82, 2.24) is 4.90 Å². The number of urea groups is 1. The quantitative estimate of drug-likeness (QED) is 0.886. The van der Waals surface area contributed by atoms with Crippen LogP contribution < -0.4 is 5.32 Å². The Morgan fingerprint density at radius 1 is 1.20 bits per heavy atom. The number of nitrogens with zero attached hydrogens (tertiary/aromatic N) is 1. The van der Waals surface area contributed by atoms with Crippen LogP contribution in [0.15, 0.2) is 53.0 Å². The van der Waals surface area contributed by atoms with Gasteiger partial charge in [0.1, 0.15) is 0 Å². The first kappa shape index (κ1) is 14.6. The van der Waals surface area contributed by atoms with Gasteiger partial charge in [0.05, 0.1) is 0 Å². The average Bonchev–Trinajstić information content (AvgIpc) is 2.44. The Balaban J connectivity index is 1.99. The van der Waals surface area contributed by atoms with Crippen molar-refractivity contribution in [3.63, 3.8) is 0 Å². The van der Waals surface area contributed by atoms with Gasteiger partial charge >= 0.3 is 6.03 Å². The van der Waals surface area contributed by atoms with E-state index in [1.807, 2.05) is 55.5 Å². The molecular formula is C16H17BrN2O. The summed E-state index contributed by atoms with van der Waals surface area (Å²) in [7, 11) is 1.78. The van der Waals surface area contributed by atoms with Crippen molar-refractivity contribution in [1.29, 1.82) is 0 Å². The Hall–Kier alpha value is -1.81. The lowest BCUT2D eigenvalue weighted by Crippen LogP contribution is -2.30. The highest BCUT2D eigenvalue weighted by Gasteiger charge is 2.09. The molecule has 0 aromatic heterocycles. The van der Waals surface area contributed by atoms with Crippen molar-refractivity contribution in [3.05, 3.63) is 64.1 Å². The monoisotopic (exact) mass is 332 g/mol. The maximum absolute atomic E-state index is 12.1. The predicted octanol–water partition coefficient (Wildman–Crippen LogP) is 4.42. The Labute approximate surface area is 127 Å². The lowest BCUT2D eigenvalue weighted by atomic mass is 10.2. The summed E-state index contributed by atoms with van der Waals surface area (Å²) in [5, 5.41) is 2.89. The number of hydrogen-bond acceptors (Lipinski definition) is 1. The minimum atomic E-state index is -0.121. The summed E-state index contributed by atoms with van der Waals surface area (Å²) >= 11 is 3.46. The Morgan fingerprint density at radius 2 is 1.90 bits per heavy atom. The molecule has 0 unspecified atom stereocenters. The molecule has 0 fully saturated rings. The van der Waals surface area contributed by atoms with Gasteiger partial charge in [-0.15, -0.1) is 0 Å². The van der Waals surface area contributed by atoms with Gasteiger partial charge in [0.2, 0.25) is 0 Å². The molecule has 0 aliphatic carbocycles. The smallest absolute Gasteiger partial charge is 0.321 e. The lowest BCUT2D eigenvalue weighted by molar-refractivity contribution is 0.220. The number of nitrogens with one attached hydrogen (secondary N) is 1. The third-order valence-corrected chi connectivity index (χ3v) is 3.89. The topological polar surface area (TPSA) is 32.3 Å². The molecule has 0 spiro atoms. The number of halogens is 1. The van der Waals surface area contributed by atoms with Crippen LogP contribution in [0, 0.1) is 6.92 Å². The standard InChI is InChI=1S/C16H17BrN2O/c1-12-8-9-14(10-15(12)17)18-16(20)19(2)11-13-6-4-3-5-7-13/h3-10H,11H2,1-2H3,(H,18,20). The zero-order valence-corrected chi connectivity index (χ0v) is 13.1. The molecule has 1 N–H and O–H groups in total. The second-order valence-corrected chi connectivity index (χ2v) is 5.59. The first-order chi connectivity index (χ1) is 9.56. The molecule has 2 rings (SSSR count). The van der Waals surface area contributed by atoms with E-state index < -0.39 is 0 Å². The normalized spacial score (nSPS) is 10.2. The summed E-state index contributed by atoms with van der Waals surface area (Å²) in [6, 6.07) is 15.6. The molecule has 104 valence electrons. The van der Waals surface area contributed by atoms with Crippen LogP contribution in [-0.2, 0) is 6.54 Å². The summed E-state index contributed by atoms with van der Waals surface area (Å²) in [6.45, 7) is 2.59. The van der Waals surface area contributed by atoms with Gasteiger partial charge < -0.3 is 10.2 Å². The molecule has 0 aliphatic heterocycles. The largest absolute Gasteiger partial charge is 0.323 e. The van der Waals surface area contributed by atoms with E-state index in [1.54, 1.807) is 11.9 Å². The summed E-state index contributed by atoms with van der Waals surface area (Å²) in [4.78, 5) is 13.8. The minimum Gasteiger partial charge on any atom is -0.323 e. The van der Waals surface area contributed by atoms with Gasteiger partial charge in [-0.3, -0.25) is 0 Å². The van der Waals surface area contributed by atoms with Crippen LogP contribution in [0.25, 0.3) is 0 Å². The molecule has 0 heterocycles. The van der Waals surface area contributed by atoms with Crippen LogP contribution in [0.1, 0.15) is 11.1 Å². The van der Waals surface area contributed by atoms with E-state index in [0.717, 1.165) is 21.3 Å². The maximum atomic E-state index is 12.1. The first-order valence-corrected chi connectivity index (χ1v) is 7.18. The Kier molecular flexibility index (Phi) is 4.79. The van der Waals surface area contributed by atoms with E-state index in [4.69, 9.17) is 0 Å². The van der Waals surface area contributed by atoms with Gasteiger partial charge in [-0.1, -0.05) is 52.3 Å². The van der Waals surface area contributed by atoms with Gasteiger partial charge in [-0.05, 0) is 30.2 Å². The highest BCUT2D eigenvalue weighted by atomic mass is 79.9. The first-order valence-electron chi connectivity index (χ1n) is 6.38. The highest BCUT2D eigenvalue weighted by molar-refractivity contribution is 9.10. The molecule has 2 aromatic rings. The number of carbonyl (C=O) groups excluding carboxylic acids is 1. The van der Waals surface area contributed by atoms with E-state index in [9.17, 15) is 4.79 Å². The number of aryl methyl sites for hydroxylation is 1. The van der Waals surface area contributed by atoms with Crippen molar-refractivity contribution < 1.29 is 4.79 Å². The van der Waals surface area contributed by atoms with Gasteiger partial charge in [-0.25, -0.2) is 4.79 Å². The SMILES string of the molecule is Cc1ccc(NC(=O)N(C)Cc2ccccc2)cc1Br. The van der Waals surface area contributed by atoms with Crippen molar-refractivity contribution in [2.75, 3.05) is 12.4 Å². The van der Waals surface area contributed by atoms with Crippen LogP contribution in [0.3, 0.4) is 0 Å². The number of amides is 2. The molecular weight excluding hydrogens is 316 g/mol.